The number of carbonyl (C=O) groups is 1. The number of hydrogen-bond acceptors (Lipinski definition) is 2. The van der Waals surface area contributed by atoms with E-state index in [1.54, 1.807) is 11.8 Å². The fourth-order valence-electron chi connectivity index (χ4n) is 1.94. The summed E-state index contributed by atoms with van der Waals surface area (Å²) in [6.07, 6.45) is 0.807. The van der Waals surface area contributed by atoms with Crippen molar-refractivity contribution in [2.24, 2.45) is 0 Å². The second-order valence-electron chi connectivity index (χ2n) is 4.85. The van der Waals surface area contributed by atoms with Gasteiger partial charge in [0, 0.05) is 22.3 Å². The zero-order chi connectivity index (χ0) is 15.8. The van der Waals surface area contributed by atoms with Crippen LogP contribution in [0.2, 0.25) is 10.0 Å². The summed E-state index contributed by atoms with van der Waals surface area (Å²) in [6, 6.07) is 15.4. The first kappa shape index (κ1) is 17.2. The molecule has 116 valence electrons. The van der Waals surface area contributed by atoms with Gasteiger partial charge in [0.15, 0.2) is 0 Å². The van der Waals surface area contributed by atoms with Crippen molar-refractivity contribution in [2.75, 3.05) is 12.3 Å². The summed E-state index contributed by atoms with van der Waals surface area (Å²) in [6.45, 7) is 0.637. The van der Waals surface area contributed by atoms with Crippen molar-refractivity contribution >= 4 is 40.9 Å². The fourth-order valence-corrected chi connectivity index (χ4v) is 3.08. The van der Waals surface area contributed by atoms with Gasteiger partial charge in [-0.15, -0.1) is 11.8 Å². The summed E-state index contributed by atoms with van der Waals surface area (Å²) in [5.41, 5.74) is 2.29. The number of benzene rings is 2. The van der Waals surface area contributed by atoms with Crippen molar-refractivity contribution in [3.63, 3.8) is 0 Å². The summed E-state index contributed by atoms with van der Waals surface area (Å²) in [5, 5.41) is 4.38. The van der Waals surface area contributed by atoms with E-state index in [2.05, 4.69) is 5.32 Å². The Morgan fingerprint density at radius 2 is 1.77 bits per heavy atom. The van der Waals surface area contributed by atoms with Gasteiger partial charge in [0.05, 0.1) is 5.75 Å². The molecule has 0 bridgehead atoms. The van der Waals surface area contributed by atoms with E-state index in [1.165, 1.54) is 0 Å². The highest BCUT2D eigenvalue weighted by atomic mass is 35.5. The molecule has 22 heavy (non-hydrogen) atoms. The highest BCUT2D eigenvalue weighted by Gasteiger charge is 2.02. The average molecular weight is 354 g/mol. The zero-order valence-corrected chi connectivity index (χ0v) is 14.3. The third kappa shape index (κ3) is 6.30. The topological polar surface area (TPSA) is 29.1 Å². The molecule has 0 aliphatic carbocycles. The molecule has 0 aromatic heterocycles. The summed E-state index contributed by atoms with van der Waals surface area (Å²) >= 11 is 13.3. The molecule has 2 nitrogen and oxygen atoms in total. The van der Waals surface area contributed by atoms with Gasteiger partial charge in [-0.1, -0.05) is 47.5 Å². The van der Waals surface area contributed by atoms with Crippen LogP contribution in [0.1, 0.15) is 11.1 Å². The summed E-state index contributed by atoms with van der Waals surface area (Å²) < 4.78 is 0. The molecular formula is C17H17Cl2NOS. The molecule has 0 saturated carbocycles. The summed E-state index contributed by atoms with van der Waals surface area (Å²) in [5.74, 6) is 1.29. The van der Waals surface area contributed by atoms with E-state index in [0.29, 0.717) is 12.3 Å². The monoisotopic (exact) mass is 353 g/mol. The van der Waals surface area contributed by atoms with E-state index in [4.69, 9.17) is 23.2 Å². The number of halogens is 2. The molecule has 5 heteroatoms. The van der Waals surface area contributed by atoms with Crippen molar-refractivity contribution in [3.05, 3.63) is 69.7 Å². The lowest BCUT2D eigenvalue weighted by Gasteiger charge is -2.06. The number of amides is 1. The normalized spacial score (nSPS) is 10.5. The predicted molar refractivity (Wildman–Crippen MR) is 95.8 cm³/mol. The van der Waals surface area contributed by atoms with Crippen LogP contribution in [0.5, 0.6) is 0 Å². The highest BCUT2D eigenvalue weighted by Crippen LogP contribution is 2.16. The number of nitrogens with one attached hydrogen (secondary N) is 1. The number of carbonyl (C=O) groups excluding carboxylic acids is 1. The van der Waals surface area contributed by atoms with Crippen LogP contribution >= 0.6 is 35.0 Å². The van der Waals surface area contributed by atoms with E-state index in [1.807, 2.05) is 48.5 Å². The quantitative estimate of drug-likeness (QED) is 0.788. The highest BCUT2D eigenvalue weighted by molar-refractivity contribution is 7.99. The predicted octanol–water partition coefficient (Wildman–Crippen LogP) is 4.59. The lowest BCUT2D eigenvalue weighted by Crippen LogP contribution is -2.27. The molecule has 0 radical (unpaired) electrons. The molecule has 0 fully saturated rings. The average Bonchev–Trinajstić information content (AvgIpc) is 2.49. The standard InChI is InChI=1S/C17H17Cl2NOS/c18-15-6-4-13(5-7-15)8-9-20-17(21)12-22-11-14-2-1-3-16(19)10-14/h1-7,10H,8-9,11-12H2,(H,20,21). The van der Waals surface area contributed by atoms with Gasteiger partial charge < -0.3 is 5.32 Å². The molecule has 0 saturated heterocycles. The lowest BCUT2D eigenvalue weighted by molar-refractivity contribution is -0.118. The van der Waals surface area contributed by atoms with Crippen molar-refractivity contribution < 1.29 is 4.79 Å². The molecule has 0 unspecified atom stereocenters. The van der Waals surface area contributed by atoms with Crippen LogP contribution in [0.15, 0.2) is 48.5 Å². The molecule has 0 heterocycles. The van der Waals surface area contributed by atoms with Crippen molar-refractivity contribution in [1.29, 1.82) is 0 Å². The van der Waals surface area contributed by atoms with Crippen LogP contribution in [-0.4, -0.2) is 18.2 Å². The van der Waals surface area contributed by atoms with Crippen LogP contribution < -0.4 is 5.32 Å². The summed E-state index contributed by atoms with van der Waals surface area (Å²) in [7, 11) is 0. The lowest BCUT2D eigenvalue weighted by atomic mass is 10.1. The number of thioether (sulfide) groups is 1. The first-order valence-electron chi connectivity index (χ1n) is 6.97. The molecule has 0 aliphatic rings. The third-order valence-electron chi connectivity index (χ3n) is 3.04. The van der Waals surface area contributed by atoms with Crippen LogP contribution in [-0.2, 0) is 17.0 Å². The molecule has 0 spiro atoms. The number of rotatable bonds is 7. The Morgan fingerprint density at radius 1 is 1.00 bits per heavy atom. The van der Waals surface area contributed by atoms with Gasteiger partial charge in [-0.25, -0.2) is 0 Å². The Hall–Kier alpha value is -1.16. The second kappa shape index (κ2) is 9.09. The van der Waals surface area contributed by atoms with Crippen molar-refractivity contribution in [3.8, 4) is 0 Å². The maximum absolute atomic E-state index is 11.8. The van der Waals surface area contributed by atoms with Crippen LogP contribution in [0.4, 0.5) is 0 Å². The fraction of sp³-hybridized carbons (Fsp3) is 0.235. The maximum atomic E-state index is 11.8. The molecule has 2 aromatic carbocycles. The van der Waals surface area contributed by atoms with E-state index in [0.717, 1.165) is 33.3 Å². The van der Waals surface area contributed by atoms with E-state index < -0.39 is 0 Å². The number of hydrogen-bond donors (Lipinski definition) is 1. The Balaban J connectivity index is 1.62. The maximum Gasteiger partial charge on any atom is 0.230 e. The third-order valence-corrected chi connectivity index (χ3v) is 4.53. The van der Waals surface area contributed by atoms with Gasteiger partial charge in [-0.05, 0) is 41.8 Å². The van der Waals surface area contributed by atoms with Crippen molar-refractivity contribution in [2.45, 2.75) is 12.2 Å². The second-order valence-corrected chi connectivity index (χ2v) is 6.71. The van der Waals surface area contributed by atoms with Gasteiger partial charge >= 0.3 is 0 Å². The Kier molecular flexibility index (Phi) is 7.10. The Morgan fingerprint density at radius 3 is 2.50 bits per heavy atom. The van der Waals surface area contributed by atoms with Gasteiger partial charge in [-0.2, -0.15) is 0 Å². The molecule has 0 aliphatic heterocycles. The minimum absolute atomic E-state index is 0.0565. The molecule has 1 amide bonds. The first-order valence-corrected chi connectivity index (χ1v) is 8.88. The molecular weight excluding hydrogens is 337 g/mol. The van der Waals surface area contributed by atoms with Crippen LogP contribution in [0.3, 0.4) is 0 Å². The largest absolute Gasteiger partial charge is 0.355 e. The SMILES string of the molecule is O=C(CSCc1cccc(Cl)c1)NCCc1ccc(Cl)cc1. The Bertz CT molecular complexity index is 616. The van der Waals surface area contributed by atoms with Gasteiger partial charge in [0.25, 0.3) is 0 Å². The minimum atomic E-state index is 0.0565. The van der Waals surface area contributed by atoms with E-state index >= 15 is 0 Å². The van der Waals surface area contributed by atoms with E-state index in [9.17, 15) is 4.79 Å². The first-order chi connectivity index (χ1) is 10.6. The van der Waals surface area contributed by atoms with Gasteiger partial charge in [0.2, 0.25) is 5.91 Å². The minimum Gasteiger partial charge on any atom is -0.355 e. The van der Waals surface area contributed by atoms with Gasteiger partial charge in [0.1, 0.15) is 0 Å². The van der Waals surface area contributed by atoms with E-state index in [-0.39, 0.29) is 5.91 Å². The molecule has 0 atom stereocenters. The Labute approximate surface area is 145 Å². The zero-order valence-electron chi connectivity index (χ0n) is 12.0. The van der Waals surface area contributed by atoms with Crippen LogP contribution in [0.25, 0.3) is 0 Å². The molecule has 1 N–H and O–H groups in total. The van der Waals surface area contributed by atoms with Crippen molar-refractivity contribution in [1.82, 2.24) is 5.32 Å². The van der Waals surface area contributed by atoms with Gasteiger partial charge in [-0.3, -0.25) is 4.79 Å². The molecule has 2 aromatic rings. The van der Waals surface area contributed by atoms with Crippen LogP contribution in [0, 0.1) is 0 Å². The summed E-state index contributed by atoms with van der Waals surface area (Å²) in [4.78, 5) is 11.8. The molecule has 2 rings (SSSR count). The smallest absolute Gasteiger partial charge is 0.230 e.